The molecule has 0 spiro atoms. The Morgan fingerprint density at radius 3 is 1.71 bits per heavy atom. The summed E-state index contributed by atoms with van der Waals surface area (Å²) in [5.74, 6) is -9.13. The molecule has 1 aromatic carbocycles. The van der Waals surface area contributed by atoms with Gasteiger partial charge in [0.05, 0.1) is 5.41 Å². The van der Waals surface area contributed by atoms with Crippen LogP contribution in [-0.4, -0.2) is 43.8 Å². The fourth-order valence-corrected chi connectivity index (χ4v) is 3.05. The molecule has 0 aliphatic rings. The molecule has 0 heterocycles. The molecule has 0 aliphatic carbocycles. The third kappa shape index (κ3) is 4.90. The summed E-state index contributed by atoms with van der Waals surface area (Å²) in [5, 5.41) is -13.7. The maximum atomic E-state index is 13.7. The predicted molar refractivity (Wildman–Crippen MR) is 92.1 cm³/mol. The number of rotatable bonds is 9. The molecule has 0 unspecified atom stereocenters. The molecule has 0 saturated carbocycles. The number of hydrogen-bond donors (Lipinski definition) is 1. The van der Waals surface area contributed by atoms with Crippen molar-refractivity contribution in [2.45, 2.75) is 43.6 Å². The van der Waals surface area contributed by atoms with Crippen molar-refractivity contribution in [1.29, 1.82) is 0 Å². The molecule has 31 heavy (non-hydrogen) atoms. The molecule has 0 radical (unpaired) electrons. The lowest BCUT2D eigenvalue weighted by atomic mass is 9.91. The molecule has 1 rings (SSSR count). The molecule has 0 aliphatic heterocycles. The highest BCUT2D eigenvalue weighted by Gasteiger charge is 2.83. The minimum atomic E-state index is -7.14. The van der Waals surface area contributed by atoms with Gasteiger partial charge in [0.15, 0.2) is 0 Å². The Bertz CT molecular complexity index is 1030. The zero-order valence-electron chi connectivity index (χ0n) is 15.9. The van der Waals surface area contributed by atoms with Crippen molar-refractivity contribution in [2.75, 3.05) is 0 Å². The Morgan fingerprint density at radius 2 is 1.32 bits per heavy atom. The van der Waals surface area contributed by atoms with Gasteiger partial charge in [-0.1, -0.05) is 6.92 Å². The smallest absolute Gasteiger partial charge is 0.426 e. The standard InChI is InChI=1S/C15H16F6O8S2/c1-4-12(2,3)11(22)28-9-5-7-10(8-6-9)29-31(26,27)15(20,21)13(16,17)14(18,19)30(23,24)25/h5-8H,4H2,1-3H3,(H,23,24,25). The zero-order valence-corrected chi connectivity index (χ0v) is 17.5. The van der Waals surface area contributed by atoms with Crippen molar-refractivity contribution in [2.24, 2.45) is 5.41 Å². The normalized spacial score (nSPS) is 14.3. The van der Waals surface area contributed by atoms with Crippen molar-refractivity contribution in [3.63, 3.8) is 0 Å². The van der Waals surface area contributed by atoms with Gasteiger partial charge in [-0.25, -0.2) is 0 Å². The first-order valence-corrected chi connectivity index (χ1v) is 10.9. The van der Waals surface area contributed by atoms with Gasteiger partial charge < -0.3 is 8.92 Å². The highest BCUT2D eigenvalue weighted by Crippen LogP contribution is 2.50. The van der Waals surface area contributed by atoms with Crippen LogP contribution >= 0.6 is 0 Å². The number of hydrogen-bond acceptors (Lipinski definition) is 7. The first-order valence-electron chi connectivity index (χ1n) is 8.01. The van der Waals surface area contributed by atoms with Crippen LogP contribution in [0.15, 0.2) is 24.3 Å². The van der Waals surface area contributed by atoms with E-state index in [0.29, 0.717) is 18.6 Å². The molecule has 0 amide bonds. The molecular weight excluding hydrogens is 486 g/mol. The minimum absolute atomic E-state index is 0.216. The second kappa shape index (κ2) is 8.12. The number of halogens is 6. The number of carbonyl (C=O) groups is 1. The van der Waals surface area contributed by atoms with E-state index in [9.17, 15) is 48.0 Å². The van der Waals surface area contributed by atoms with E-state index in [1.165, 1.54) is 0 Å². The average molecular weight is 502 g/mol. The summed E-state index contributed by atoms with van der Waals surface area (Å²) in [4.78, 5) is 11.9. The van der Waals surface area contributed by atoms with Crippen LogP contribution < -0.4 is 8.92 Å². The Labute approximate surface area is 173 Å². The third-order valence-corrected chi connectivity index (χ3v) is 6.25. The molecule has 0 atom stereocenters. The Balaban J connectivity index is 3.18. The molecule has 0 aromatic heterocycles. The van der Waals surface area contributed by atoms with E-state index in [-0.39, 0.29) is 5.75 Å². The first kappa shape index (κ1) is 27.0. The summed E-state index contributed by atoms with van der Waals surface area (Å²) in [7, 11) is -14.1. The van der Waals surface area contributed by atoms with Crippen LogP contribution in [0.3, 0.4) is 0 Å². The average Bonchev–Trinajstić information content (AvgIpc) is 2.61. The largest absolute Gasteiger partial charge is 0.450 e. The van der Waals surface area contributed by atoms with Gasteiger partial charge in [0.1, 0.15) is 11.5 Å². The maximum absolute atomic E-state index is 13.7. The van der Waals surface area contributed by atoms with E-state index in [1.807, 2.05) is 0 Å². The number of carbonyl (C=O) groups excluding carboxylic acids is 1. The first-order chi connectivity index (χ1) is 13.6. The van der Waals surface area contributed by atoms with E-state index in [4.69, 9.17) is 9.29 Å². The number of alkyl halides is 6. The molecule has 16 heteroatoms. The molecular formula is C15H16F6O8S2. The number of esters is 1. The van der Waals surface area contributed by atoms with E-state index in [1.54, 1.807) is 20.8 Å². The van der Waals surface area contributed by atoms with Gasteiger partial charge in [-0.05, 0) is 44.5 Å². The molecule has 0 fully saturated rings. The fourth-order valence-electron chi connectivity index (χ4n) is 1.62. The fraction of sp³-hybridized carbons (Fsp3) is 0.533. The van der Waals surface area contributed by atoms with Crippen molar-refractivity contribution < 1.29 is 61.4 Å². The third-order valence-electron chi connectivity index (χ3n) is 4.05. The van der Waals surface area contributed by atoms with Gasteiger partial charge >= 0.3 is 42.6 Å². The lowest BCUT2D eigenvalue weighted by Gasteiger charge is -2.29. The van der Waals surface area contributed by atoms with Gasteiger partial charge in [0.2, 0.25) is 0 Å². The summed E-state index contributed by atoms with van der Waals surface area (Å²) in [6.07, 6.45) is 0.378. The number of benzene rings is 1. The van der Waals surface area contributed by atoms with Crippen molar-refractivity contribution in [3.05, 3.63) is 24.3 Å². The molecule has 178 valence electrons. The Hall–Kier alpha value is -2.07. The zero-order chi connectivity index (χ0) is 24.7. The second-order valence-electron chi connectivity index (χ2n) is 6.72. The Morgan fingerprint density at radius 1 is 0.903 bits per heavy atom. The molecule has 0 saturated heterocycles. The number of ether oxygens (including phenoxy) is 1. The van der Waals surface area contributed by atoms with Crippen molar-refractivity contribution >= 4 is 26.2 Å². The van der Waals surface area contributed by atoms with E-state index < -0.39 is 53.8 Å². The van der Waals surface area contributed by atoms with Gasteiger partial charge in [0, 0.05) is 0 Å². The molecule has 1 aromatic rings. The Kier molecular flexibility index (Phi) is 7.07. The summed E-state index contributed by atoms with van der Waals surface area (Å²) in [5.41, 5.74) is -0.912. The summed E-state index contributed by atoms with van der Waals surface area (Å²) < 4.78 is 141. The maximum Gasteiger partial charge on any atom is 0.450 e. The van der Waals surface area contributed by atoms with Crippen LogP contribution in [0.4, 0.5) is 26.3 Å². The quantitative estimate of drug-likeness (QED) is 0.179. The van der Waals surface area contributed by atoms with Crippen LogP contribution in [-0.2, 0) is 25.0 Å². The molecule has 0 bridgehead atoms. The van der Waals surface area contributed by atoms with Gasteiger partial charge in [0.25, 0.3) is 0 Å². The van der Waals surface area contributed by atoms with Crippen LogP contribution in [0.5, 0.6) is 11.5 Å². The lowest BCUT2D eigenvalue weighted by molar-refractivity contribution is -0.247. The summed E-state index contributed by atoms with van der Waals surface area (Å²) >= 11 is 0. The van der Waals surface area contributed by atoms with Gasteiger partial charge in [-0.15, -0.1) is 0 Å². The molecule has 8 nitrogen and oxygen atoms in total. The van der Waals surface area contributed by atoms with E-state index >= 15 is 0 Å². The van der Waals surface area contributed by atoms with Crippen LogP contribution in [0.25, 0.3) is 0 Å². The predicted octanol–water partition coefficient (Wildman–Crippen LogP) is 3.45. The van der Waals surface area contributed by atoms with E-state index in [2.05, 4.69) is 4.18 Å². The summed E-state index contributed by atoms with van der Waals surface area (Å²) in [6.45, 7) is 4.78. The van der Waals surface area contributed by atoms with Gasteiger partial charge in [-0.3, -0.25) is 9.35 Å². The lowest BCUT2D eigenvalue weighted by Crippen LogP contribution is -2.61. The van der Waals surface area contributed by atoms with Crippen LogP contribution in [0, 0.1) is 5.41 Å². The highest BCUT2D eigenvalue weighted by atomic mass is 32.2. The highest BCUT2D eigenvalue weighted by molar-refractivity contribution is 7.88. The van der Waals surface area contributed by atoms with Crippen molar-refractivity contribution in [1.82, 2.24) is 0 Å². The monoisotopic (exact) mass is 502 g/mol. The second-order valence-corrected chi connectivity index (χ2v) is 9.77. The summed E-state index contributed by atoms with van der Waals surface area (Å²) in [6, 6.07) is 2.82. The van der Waals surface area contributed by atoms with Crippen LogP contribution in [0.1, 0.15) is 27.2 Å². The topological polar surface area (TPSA) is 124 Å². The minimum Gasteiger partial charge on any atom is -0.426 e. The van der Waals surface area contributed by atoms with E-state index in [0.717, 1.165) is 12.1 Å². The van der Waals surface area contributed by atoms with Gasteiger partial charge in [-0.2, -0.15) is 43.2 Å². The van der Waals surface area contributed by atoms with Crippen molar-refractivity contribution in [3.8, 4) is 11.5 Å². The molecule has 1 N–H and O–H groups in total. The SMILES string of the molecule is CCC(C)(C)C(=O)Oc1ccc(OS(=O)(=O)C(F)(F)C(F)(F)C(F)(F)S(=O)(=O)O)cc1. The van der Waals surface area contributed by atoms with Crippen LogP contribution in [0.2, 0.25) is 0 Å².